The van der Waals surface area contributed by atoms with Crippen LogP contribution in [-0.4, -0.2) is 36.3 Å². The molecule has 1 rings (SSSR count). The Morgan fingerprint density at radius 1 is 1.22 bits per heavy atom. The van der Waals surface area contributed by atoms with Crippen LogP contribution in [0.25, 0.3) is 0 Å². The third kappa shape index (κ3) is 4.72. The van der Waals surface area contributed by atoms with Crippen LogP contribution in [0.4, 0.5) is 8.78 Å². The highest BCUT2D eigenvalue weighted by Gasteiger charge is 2.24. The Labute approximate surface area is 134 Å². The Kier molecular flexibility index (Phi) is 6.62. The molecule has 0 fully saturated rings. The van der Waals surface area contributed by atoms with E-state index in [0.29, 0.717) is 0 Å². The van der Waals surface area contributed by atoms with E-state index >= 15 is 0 Å². The van der Waals surface area contributed by atoms with Crippen LogP contribution in [0.1, 0.15) is 32.4 Å². The number of amides is 2. The number of nitrogens with zero attached hydrogens (tertiary/aromatic N) is 1. The van der Waals surface area contributed by atoms with Gasteiger partial charge in [-0.1, -0.05) is 19.9 Å². The van der Waals surface area contributed by atoms with Gasteiger partial charge in [0, 0.05) is 12.6 Å². The van der Waals surface area contributed by atoms with E-state index in [1.54, 1.807) is 13.8 Å². The molecule has 23 heavy (non-hydrogen) atoms. The summed E-state index contributed by atoms with van der Waals surface area (Å²) in [7, 11) is 1.42. The minimum atomic E-state index is -0.806. The van der Waals surface area contributed by atoms with Crippen molar-refractivity contribution in [1.29, 1.82) is 0 Å². The number of carbonyl (C=O) groups is 2. The molecule has 7 heteroatoms. The second kappa shape index (κ2) is 8.01. The zero-order chi connectivity index (χ0) is 17.7. The lowest BCUT2D eigenvalue weighted by Gasteiger charge is -2.26. The number of nitrogens with two attached hydrogens (primary N) is 1. The predicted octanol–water partition coefficient (Wildman–Crippen LogP) is 1.58. The van der Waals surface area contributed by atoms with Gasteiger partial charge in [0.2, 0.25) is 11.8 Å². The Morgan fingerprint density at radius 3 is 2.22 bits per heavy atom. The summed E-state index contributed by atoms with van der Waals surface area (Å²) < 4.78 is 27.5. The van der Waals surface area contributed by atoms with E-state index in [2.05, 4.69) is 5.32 Å². The zero-order valence-electron chi connectivity index (χ0n) is 13.8. The molecule has 0 saturated carbocycles. The number of halogens is 2. The van der Waals surface area contributed by atoms with Gasteiger partial charge < -0.3 is 16.0 Å². The first-order chi connectivity index (χ1) is 10.7. The second-order valence-corrected chi connectivity index (χ2v) is 5.80. The van der Waals surface area contributed by atoms with E-state index in [4.69, 9.17) is 5.73 Å². The summed E-state index contributed by atoms with van der Waals surface area (Å²) in [6, 6.07) is 2.01. The SMILES string of the molecule is CC(C)[C@H](N)C(=O)NCC(=O)N(C)C(C)c1c(F)cccc1F. The first-order valence-corrected chi connectivity index (χ1v) is 7.39. The molecule has 0 radical (unpaired) electrons. The van der Waals surface area contributed by atoms with Crippen LogP contribution in [0.15, 0.2) is 18.2 Å². The number of nitrogens with one attached hydrogen (secondary N) is 1. The normalized spacial score (nSPS) is 13.6. The number of carbonyl (C=O) groups excluding carboxylic acids is 2. The third-order valence-electron chi connectivity index (χ3n) is 3.83. The Bertz CT molecular complexity index is 558. The maximum Gasteiger partial charge on any atom is 0.242 e. The average molecular weight is 327 g/mol. The van der Waals surface area contributed by atoms with Crippen molar-refractivity contribution in [3.63, 3.8) is 0 Å². The van der Waals surface area contributed by atoms with Crippen molar-refractivity contribution in [2.75, 3.05) is 13.6 Å². The van der Waals surface area contributed by atoms with E-state index in [9.17, 15) is 18.4 Å². The van der Waals surface area contributed by atoms with Gasteiger partial charge in [0.1, 0.15) is 11.6 Å². The van der Waals surface area contributed by atoms with Crippen molar-refractivity contribution in [3.05, 3.63) is 35.4 Å². The van der Waals surface area contributed by atoms with Gasteiger partial charge in [0.15, 0.2) is 0 Å². The van der Waals surface area contributed by atoms with Crippen molar-refractivity contribution in [1.82, 2.24) is 10.2 Å². The molecular formula is C16H23F2N3O2. The molecule has 1 aromatic rings. The highest BCUT2D eigenvalue weighted by atomic mass is 19.1. The van der Waals surface area contributed by atoms with Crippen LogP contribution in [0, 0.1) is 17.6 Å². The summed E-state index contributed by atoms with van der Waals surface area (Å²) in [6.07, 6.45) is 0. The average Bonchev–Trinajstić information content (AvgIpc) is 2.50. The Hall–Kier alpha value is -2.02. The molecule has 2 amide bonds. The largest absolute Gasteiger partial charge is 0.346 e. The van der Waals surface area contributed by atoms with Gasteiger partial charge >= 0.3 is 0 Å². The molecule has 0 aliphatic rings. The van der Waals surface area contributed by atoms with Crippen LogP contribution in [0.5, 0.6) is 0 Å². The predicted molar refractivity (Wildman–Crippen MR) is 83.4 cm³/mol. The number of hydrogen-bond acceptors (Lipinski definition) is 3. The summed E-state index contributed by atoms with van der Waals surface area (Å²) >= 11 is 0. The first-order valence-electron chi connectivity index (χ1n) is 7.39. The number of benzene rings is 1. The fraction of sp³-hybridized carbons (Fsp3) is 0.500. The highest BCUT2D eigenvalue weighted by Crippen LogP contribution is 2.24. The Morgan fingerprint density at radius 2 is 1.74 bits per heavy atom. The molecule has 1 aromatic carbocycles. The fourth-order valence-electron chi connectivity index (χ4n) is 2.03. The van der Waals surface area contributed by atoms with E-state index in [1.807, 2.05) is 0 Å². The van der Waals surface area contributed by atoms with Crippen LogP contribution in [0.2, 0.25) is 0 Å². The molecule has 1 unspecified atom stereocenters. The molecule has 0 bridgehead atoms. The van der Waals surface area contributed by atoms with Gasteiger partial charge in [-0.05, 0) is 25.0 Å². The van der Waals surface area contributed by atoms with Crippen LogP contribution < -0.4 is 11.1 Å². The van der Waals surface area contributed by atoms with E-state index in [-0.39, 0.29) is 18.0 Å². The van der Waals surface area contributed by atoms with Gasteiger partial charge in [0.25, 0.3) is 0 Å². The minimum absolute atomic E-state index is 0.0609. The third-order valence-corrected chi connectivity index (χ3v) is 3.83. The van der Waals surface area contributed by atoms with Gasteiger partial charge in [0.05, 0.1) is 18.6 Å². The molecule has 0 spiro atoms. The minimum Gasteiger partial charge on any atom is -0.346 e. The standard InChI is InChI=1S/C16H23F2N3O2/c1-9(2)15(19)16(23)20-8-13(22)21(4)10(3)14-11(17)6-5-7-12(14)18/h5-7,9-10,15H,8,19H2,1-4H3,(H,20,23)/t10?,15-/m0/s1. The van der Waals surface area contributed by atoms with Gasteiger partial charge in [-0.2, -0.15) is 0 Å². The molecule has 128 valence electrons. The number of hydrogen-bond donors (Lipinski definition) is 2. The van der Waals surface area contributed by atoms with Crippen molar-refractivity contribution < 1.29 is 18.4 Å². The van der Waals surface area contributed by atoms with E-state index < -0.39 is 35.5 Å². The van der Waals surface area contributed by atoms with Gasteiger partial charge in [-0.3, -0.25) is 9.59 Å². The summed E-state index contributed by atoms with van der Waals surface area (Å²) in [5.74, 6) is -2.41. The van der Waals surface area contributed by atoms with Crippen LogP contribution in [-0.2, 0) is 9.59 Å². The molecular weight excluding hydrogens is 304 g/mol. The van der Waals surface area contributed by atoms with Gasteiger partial charge in [-0.15, -0.1) is 0 Å². The molecule has 0 saturated heterocycles. The summed E-state index contributed by atoms with van der Waals surface area (Å²) in [6.45, 7) is 4.82. The molecule has 0 heterocycles. The highest BCUT2D eigenvalue weighted by molar-refractivity contribution is 5.87. The molecule has 2 atom stereocenters. The summed E-state index contributed by atoms with van der Waals surface area (Å²) in [5, 5.41) is 2.44. The van der Waals surface area contributed by atoms with Crippen molar-refractivity contribution in [3.8, 4) is 0 Å². The lowest BCUT2D eigenvalue weighted by molar-refractivity contribution is -0.133. The van der Waals surface area contributed by atoms with Gasteiger partial charge in [-0.25, -0.2) is 8.78 Å². The first kappa shape index (κ1) is 19.0. The number of likely N-dealkylation sites (N-methyl/N-ethyl adjacent to an activating group) is 1. The summed E-state index contributed by atoms with van der Waals surface area (Å²) in [4.78, 5) is 25.0. The molecule has 0 aliphatic carbocycles. The smallest absolute Gasteiger partial charge is 0.242 e. The fourth-order valence-corrected chi connectivity index (χ4v) is 2.03. The molecule has 5 nitrogen and oxygen atoms in total. The van der Waals surface area contributed by atoms with E-state index in [1.165, 1.54) is 24.9 Å². The zero-order valence-corrected chi connectivity index (χ0v) is 13.8. The second-order valence-electron chi connectivity index (χ2n) is 5.80. The van der Waals surface area contributed by atoms with E-state index in [0.717, 1.165) is 12.1 Å². The maximum atomic E-state index is 13.8. The monoisotopic (exact) mass is 327 g/mol. The van der Waals surface area contributed by atoms with Crippen molar-refractivity contribution in [2.45, 2.75) is 32.9 Å². The Balaban J connectivity index is 2.72. The lowest BCUT2D eigenvalue weighted by atomic mass is 10.0. The maximum absolute atomic E-state index is 13.8. The summed E-state index contributed by atoms with van der Waals surface area (Å²) in [5.41, 5.74) is 5.49. The number of rotatable bonds is 6. The topological polar surface area (TPSA) is 75.4 Å². The van der Waals surface area contributed by atoms with Crippen molar-refractivity contribution >= 4 is 11.8 Å². The quantitative estimate of drug-likeness (QED) is 0.833. The van der Waals surface area contributed by atoms with Crippen LogP contribution in [0.3, 0.4) is 0 Å². The van der Waals surface area contributed by atoms with Crippen LogP contribution >= 0.6 is 0 Å². The molecule has 0 aliphatic heterocycles. The molecule has 3 N–H and O–H groups in total. The molecule has 0 aromatic heterocycles. The van der Waals surface area contributed by atoms with Crippen molar-refractivity contribution in [2.24, 2.45) is 11.7 Å². The lowest BCUT2D eigenvalue weighted by Crippen LogP contribution is -2.47.